The van der Waals surface area contributed by atoms with Crippen LogP contribution in [0.1, 0.15) is 19.4 Å². The molecule has 5 heteroatoms. The van der Waals surface area contributed by atoms with E-state index in [4.69, 9.17) is 10.8 Å². The maximum Gasteiger partial charge on any atom is 0.328 e. The van der Waals surface area contributed by atoms with Gasteiger partial charge in [-0.25, -0.2) is 4.79 Å². The predicted molar refractivity (Wildman–Crippen MR) is 93.4 cm³/mol. The van der Waals surface area contributed by atoms with Gasteiger partial charge in [-0.15, -0.1) is 0 Å². The second-order valence-corrected chi connectivity index (χ2v) is 6.29. The highest BCUT2D eigenvalue weighted by atomic mass is 16.4. The number of hydrogen-bond donors (Lipinski definition) is 3. The van der Waals surface area contributed by atoms with Crippen LogP contribution < -0.4 is 11.1 Å². The zero-order chi connectivity index (χ0) is 17.7. The van der Waals surface area contributed by atoms with Crippen LogP contribution in [0.3, 0.4) is 0 Å². The maximum absolute atomic E-state index is 12.1. The Kier molecular flexibility index (Phi) is 5.36. The van der Waals surface area contributed by atoms with Gasteiger partial charge >= 0.3 is 5.97 Å². The van der Waals surface area contributed by atoms with E-state index in [1.54, 1.807) is 0 Å². The molecule has 24 heavy (non-hydrogen) atoms. The van der Waals surface area contributed by atoms with Crippen LogP contribution in [0.25, 0.3) is 11.1 Å². The molecule has 2 rings (SSSR count). The summed E-state index contributed by atoms with van der Waals surface area (Å²) >= 11 is 0. The van der Waals surface area contributed by atoms with Crippen LogP contribution in [0.2, 0.25) is 0 Å². The average molecular weight is 326 g/mol. The third-order valence-electron chi connectivity index (χ3n) is 3.82. The fraction of sp³-hybridized carbons (Fsp3) is 0.263. The molecular weight excluding hydrogens is 304 g/mol. The highest BCUT2D eigenvalue weighted by Gasteiger charge is 2.30. The summed E-state index contributed by atoms with van der Waals surface area (Å²) in [5, 5.41) is 11.5. The van der Waals surface area contributed by atoms with E-state index in [-0.39, 0.29) is 0 Å². The largest absolute Gasteiger partial charge is 0.480 e. The summed E-state index contributed by atoms with van der Waals surface area (Å²) in [5.74, 6) is -1.58. The Bertz CT molecular complexity index is 709. The number of aliphatic carboxylic acids is 1. The Morgan fingerprint density at radius 2 is 1.58 bits per heavy atom. The molecule has 1 atom stereocenters. The van der Waals surface area contributed by atoms with Crippen molar-refractivity contribution in [3.8, 4) is 11.1 Å². The van der Waals surface area contributed by atoms with E-state index in [1.165, 1.54) is 13.8 Å². The first kappa shape index (κ1) is 17.7. The van der Waals surface area contributed by atoms with Crippen molar-refractivity contribution in [2.45, 2.75) is 31.8 Å². The minimum atomic E-state index is -1.34. The van der Waals surface area contributed by atoms with Gasteiger partial charge in [-0.3, -0.25) is 4.79 Å². The molecule has 0 fully saturated rings. The summed E-state index contributed by atoms with van der Waals surface area (Å²) in [6.07, 6.45) is 0.344. The standard InChI is InChI=1S/C19H22N2O3/c1-19(2,18(23)24)21-17(22)16(20)12-13-8-10-15(11-9-13)14-6-4-3-5-7-14/h3-11,16H,12,20H2,1-2H3,(H,21,22)(H,23,24)/t16-/m0/s1. The predicted octanol–water partition coefficient (Wildman–Crippen LogP) is 2.20. The Hall–Kier alpha value is -2.66. The lowest BCUT2D eigenvalue weighted by Crippen LogP contribution is -2.55. The molecule has 4 N–H and O–H groups in total. The summed E-state index contributed by atoms with van der Waals surface area (Å²) < 4.78 is 0. The molecule has 0 saturated heterocycles. The molecule has 0 saturated carbocycles. The monoisotopic (exact) mass is 326 g/mol. The first-order valence-electron chi connectivity index (χ1n) is 7.75. The number of nitrogens with two attached hydrogens (primary N) is 1. The van der Waals surface area contributed by atoms with E-state index < -0.39 is 23.5 Å². The highest BCUT2D eigenvalue weighted by Crippen LogP contribution is 2.19. The lowest BCUT2D eigenvalue weighted by molar-refractivity contribution is -0.146. The lowest BCUT2D eigenvalue weighted by atomic mass is 9.99. The molecule has 0 aliphatic carbocycles. The van der Waals surface area contributed by atoms with Crippen molar-refractivity contribution in [3.63, 3.8) is 0 Å². The number of carbonyl (C=O) groups is 2. The summed E-state index contributed by atoms with van der Waals surface area (Å²) in [7, 11) is 0. The number of carboxylic acid groups (broad SMARTS) is 1. The van der Waals surface area contributed by atoms with Crippen LogP contribution in [-0.4, -0.2) is 28.6 Å². The molecule has 0 aromatic heterocycles. The molecule has 5 nitrogen and oxygen atoms in total. The number of benzene rings is 2. The van der Waals surface area contributed by atoms with Crippen LogP contribution in [0, 0.1) is 0 Å². The summed E-state index contributed by atoms with van der Waals surface area (Å²) in [6, 6.07) is 17.0. The van der Waals surface area contributed by atoms with E-state index in [0.717, 1.165) is 16.7 Å². The molecular formula is C19H22N2O3. The second-order valence-electron chi connectivity index (χ2n) is 6.29. The lowest BCUT2D eigenvalue weighted by Gasteiger charge is -2.23. The van der Waals surface area contributed by atoms with Crippen molar-refractivity contribution >= 4 is 11.9 Å². The molecule has 0 radical (unpaired) electrons. The molecule has 2 aromatic carbocycles. The van der Waals surface area contributed by atoms with Crippen LogP contribution in [-0.2, 0) is 16.0 Å². The van der Waals surface area contributed by atoms with Crippen molar-refractivity contribution in [2.75, 3.05) is 0 Å². The SMILES string of the molecule is CC(C)(NC(=O)[C@@H](N)Cc1ccc(-c2ccccc2)cc1)C(=O)O. The summed E-state index contributed by atoms with van der Waals surface area (Å²) in [6.45, 7) is 2.85. The molecule has 0 spiro atoms. The molecule has 2 aromatic rings. The number of carbonyl (C=O) groups excluding carboxylic acids is 1. The minimum Gasteiger partial charge on any atom is -0.480 e. The van der Waals surface area contributed by atoms with Crippen molar-refractivity contribution in [3.05, 3.63) is 60.2 Å². The number of nitrogens with one attached hydrogen (secondary N) is 1. The summed E-state index contributed by atoms with van der Waals surface area (Å²) in [4.78, 5) is 23.1. The van der Waals surface area contributed by atoms with Gasteiger partial charge in [0.15, 0.2) is 0 Å². The van der Waals surface area contributed by atoms with Gasteiger partial charge in [0.25, 0.3) is 0 Å². The number of rotatable bonds is 6. The molecule has 0 aliphatic heterocycles. The normalized spacial score (nSPS) is 12.5. The zero-order valence-corrected chi connectivity index (χ0v) is 13.8. The van der Waals surface area contributed by atoms with Crippen molar-refractivity contribution in [2.24, 2.45) is 5.73 Å². The van der Waals surface area contributed by atoms with Gasteiger partial charge in [0.2, 0.25) is 5.91 Å². The van der Waals surface area contributed by atoms with Crippen molar-refractivity contribution < 1.29 is 14.7 Å². The van der Waals surface area contributed by atoms with Gasteiger partial charge in [0, 0.05) is 0 Å². The van der Waals surface area contributed by atoms with Gasteiger partial charge in [-0.2, -0.15) is 0 Å². The van der Waals surface area contributed by atoms with Crippen LogP contribution in [0.4, 0.5) is 0 Å². The zero-order valence-electron chi connectivity index (χ0n) is 13.8. The van der Waals surface area contributed by atoms with Crippen molar-refractivity contribution in [1.82, 2.24) is 5.32 Å². The number of carboxylic acids is 1. The first-order valence-corrected chi connectivity index (χ1v) is 7.75. The fourth-order valence-corrected chi connectivity index (χ4v) is 2.26. The molecule has 1 amide bonds. The van der Waals surface area contributed by atoms with Crippen LogP contribution in [0.5, 0.6) is 0 Å². The quantitative estimate of drug-likeness (QED) is 0.759. The van der Waals surface area contributed by atoms with Gasteiger partial charge in [-0.1, -0.05) is 54.6 Å². The molecule has 0 unspecified atom stereocenters. The highest BCUT2D eigenvalue weighted by molar-refractivity contribution is 5.89. The Morgan fingerprint density at radius 3 is 2.12 bits per heavy atom. The Labute approximate surface area is 141 Å². The van der Waals surface area contributed by atoms with E-state index in [9.17, 15) is 9.59 Å². The van der Waals surface area contributed by atoms with E-state index in [2.05, 4.69) is 5.32 Å². The Morgan fingerprint density at radius 1 is 1.04 bits per heavy atom. The van der Waals surface area contributed by atoms with Crippen molar-refractivity contribution in [1.29, 1.82) is 0 Å². The van der Waals surface area contributed by atoms with Gasteiger partial charge in [-0.05, 0) is 37.0 Å². The molecule has 0 bridgehead atoms. The van der Waals surface area contributed by atoms with Gasteiger partial charge in [0.05, 0.1) is 6.04 Å². The molecule has 0 heterocycles. The third-order valence-corrected chi connectivity index (χ3v) is 3.82. The first-order chi connectivity index (χ1) is 11.3. The van der Waals surface area contributed by atoms with E-state index in [0.29, 0.717) is 6.42 Å². The minimum absolute atomic E-state index is 0.344. The molecule has 0 aliphatic rings. The van der Waals surface area contributed by atoms with E-state index in [1.807, 2.05) is 54.6 Å². The number of amides is 1. The third kappa shape index (κ3) is 4.43. The Balaban J connectivity index is 2.00. The molecule has 126 valence electrons. The fourth-order valence-electron chi connectivity index (χ4n) is 2.26. The van der Waals surface area contributed by atoms with E-state index >= 15 is 0 Å². The smallest absolute Gasteiger partial charge is 0.328 e. The van der Waals surface area contributed by atoms with Gasteiger partial charge < -0.3 is 16.2 Å². The van der Waals surface area contributed by atoms with Gasteiger partial charge in [0.1, 0.15) is 5.54 Å². The summed E-state index contributed by atoms with van der Waals surface area (Å²) in [5.41, 5.74) is 7.69. The number of hydrogen-bond acceptors (Lipinski definition) is 3. The van der Waals surface area contributed by atoms with Crippen LogP contribution in [0.15, 0.2) is 54.6 Å². The topological polar surface area (TPSA) is 92.4 Å². The average Bonchev–Trinajstić information content (AvgIpc) is 2.55. The maximum atomic E-state index is 12.1. The van der Waals surface area contributed by atoms with Crippen LogP contribution >= 0.6 is 0 Å². The second kappa shape index (κ2) is 7.27.